The van der Waals surface area contributed by atoms with Gasteiger partial charge >= 0.3 is 15.4 Å². The molecule has 10 nitrogen and oxygen atoms in total. The number of nitrogens with one attached hydrogen (secondary N) is 1. The Kier molecular flexibility index (Phi) is 11.4. The highest BCUT2D eigenvalue weighted by molar-refractivity contribution is 7.53. The van der Waals surface area contributed by atoms with Crippen molar-refractivity contribution in [1.29, 1.82) is 0 Å². The van der Waals surface area contributed by atoms with Crippen LogP contribution in [-0.4, -0.2) is 43.7 Å². The molecule has 0 saturated carbocycles. The molecule has 0 spiro atoms. The Hall–Kier alpha value is -0.860. The third-order valence-corrected chi connectivity index (χ3v) is 5.18. The number of rotatable bonds is 14. The van der Waals surface area contributed by atoms with E-state index in [1.54, 1.807) is 6.92 Å². The lowest BCUT2D eigenvalue weighted by Gasteiger charge is -2.19. The lowest BCUT2D eigenvalue weighted by atomic mass is 10.1. The molecule has 1 unspecified atom stereocenters. The molecule has 1 amide bonds. The van der Waals surface area contributed by atoms with Gasteiger partial charge in [-0.15, -0.1) is 0 Å². The molecule has 152 valence electrons. The second-order valence-electron chi connectivity index (χ2n) is 5.90. The van der Waals surface area contributed by atoms with E-state index in [-0.39, 0.29) is 31.0 Å². The summed E-state index contributed by atoms with van der Waals surface area (Å²) in [4.78, 5) is 58.3. The fourth-order valence-electron chi connectivity index (χ4n) is 2.00. The predicted molar refractivity (Wildman–Crippen MR) is 94.1 cm³/mol. The van der Waals surface area contributed by atoms with Crippen molar-refractivity contribution in [2.75, 3.05) is 6.54 Å². The van der Waals surface area contributed by atoms with Gasteiger partial charge in [0.1, 0.15) is 0 Å². The van der Waals surface area contributed by atoms with Crippen LogP contribution in [0.5, 0.6) is 0 Å². The number of unbranched alkanes of at least 4 members (excludes halogenated alkanes) is 2. The molecule has 0 rings (SSSR count). The van der Waals surface area contributed by atoms with Gasteiger partial charge in [0.2, 0.25) is 5.91 Å². The minimum Gasteiger partial charge on any atom is -0.356 e. The summed E-state index contributed by atoms with van der Waals surface area (Å²) in [6.45, 7) is 5.53. The molecular weight excluding hydrogens is 388 g/mol. The van der Waals surface area contributed by atoms with Crippen molar-refractivity contribution in [3.05, 3.63) is 12.2 Å². The van der Waals surface area contributed by atoms with Crippen molar-refractivity contribution < 1.29 is 42.8 Å². The maximum absolute atomic E-state index is 11.6. The molecule has 0 aliphatic heterocycles. The summed E-state index contributed by atoms with van der Waals surface area (Å²) >= 11 is 0. The summed E-state index contributed by atoms with van der Waals surface area (Å²) in [6, 6.07) is 0. The second kappa shape index (κ2) is 11.8. The first kappa shape index (κ1) is 25.1. The lowest BCUT2D eigenvalue weighted by molar-refractivity contribution is -0.121. The summed E-state index contributed by atoms with van der Waals surface area (Å²) in [5, 5.41) is 2.66. The Morgan fingerprint density at radius 1 is 1.04 bits per heavy atom. The van der Waals surface area contributed by atoms with Crippen LogP contribution in [0.25, 0.3) is 0 Å². The number of amides is 1. The summed E-state index contributed by atoms with van der Waals surface area (Å²) in [5.41, 5.74) is 0.479. The van der Waals surface area contributed by atoms with E-state index in [9.17, 15) is 18.7 Å². The highest BCUT2D eigenvalue weighted by Crippen LogP contribution is 2.52. The molecule has 0 aromatic rings. The largest absolute Gasteiger partial charge is 0.470 e. The van der Waals surface area contributed by atoms with Crippen LogP contribution in [-0.2, 0) is 23.2 Å². The van der Waals surface area contributed by atoms with Crippen molar-refractivity contribution in [1.82, 2.24) is 5.32 Å². The fourth-order valence-corrected chi connectivity index (χ4v) is 3.80. The Bertz CT molecular complexity index is 581. The zero-order valence-corrected chi connectivity index (χ0v) is 16.5. The third kappa shape index (κ3) is 13.4. The van der Waals surface area contributed by atoms with Gasteiger partial charge in [0, 0.05) is 19.4 Å². The molecule has 0 bridgehead atoms. The Balaban J connectivity index is 3.94. The first-order valence-electron chi connectivity index (χ1n) is 8.07. The van der Waals surface area contributed by atoms with Crippen LogP contribution in [0.4, 0.5) is 0 Å². The van der Waals surface area contributed by atoms with Crippen LogP contribution in [0.2, 0.25) is 0 Å². The molecule has 0 aliphatic rings. The number of hydrogen-bond acceptors (Lipinski definition) is 5. The van der Waals surface area contributed by atoms with Crippen LogP contribution in [0.1, 0.15) is 51.9 Å². The molecule has 0 aromatic heterocycles. The minimum atomic E-state index is -5.00. The first-order valence-corrected chi connectivity index (χ1v) is 11.3. The van der Waals surface area contributed by atoms with E-state index in [4.69, 9.17) is 19.6 Å². The van der Waals surface area contributed by atoms with Gasteiger partial charge in [0.15, 0.2) is 11.6 Å². The van der Waals surface area contributed by atoms with Gasteiger partial charge in [-0.3, -0.25) is 18.7 Å². The minimum absolute atomic E-state index is 0.0450. The number of phosphoric acid groups is 1. The summed E-state index contributed by atoms with van der Waals surface area (Å²) in [5.74, 6) is -2.12. The maximum Gasteiger partial charge on any atom is 0.470 e. The molecule has 0 aromatic carbocycles. The van der Waals surface area contributed by atoms with E-state index in [1.165, 1.54) is 0 Å². The van der Waals surface area contributed by atoms with Crippen molar-refractivity contribution in [2.45, 2.75) is 57.7 Å². The van der Waals surface area contributed by atoms with Gasteiger partial charge in [-0.2, -0.15) is 0 Å². The average Bonchev–Trinajstić information content (AvgIpc) is 2.47. The van der Waals surface area contributed by atoms with Crippen LogP contribution in [0, 0.1) is 0 Å². The number of Topliss-reactive ketones (excluding diaryl/α,β-unsaturated/α-hetero) is 1. The van der Waals surface area contributed by atoms with E-state index in [1.807, 2.05) is 0 Å². The Morgan fingerprint density at radius 2 is 1.65 bits per heavy atom. The Labute approximate surface area is 152 Å². The highest BCUT2D eigenvalue weighted by atomic mass is 31.2. The molecule has 0 fully saturated rings. The lowest BCUT2D eigenvalue weighted by Crippen LogP contribution is -2.24. The van der Waals surface area contributed by atoms with Gasteiger partial charge in [0.05, 0.1) is 0 Å². The second-order valence-corrected chi connectivity index (χ2v) is 8.84. The van der Waals surface area contributed by atoms with Crippen LogP contribution in [0.15, 0.2) is 12.2 Å². The van der Waals surface area contributed by atoms with Crippen LogP contribution < -0.4 is 5.32 Å². The molecule has 0 saturated heterocycles. The van der Waals surface area contributed by atoms with E-state index in [2.05, 4.69) is 16.4 Å². The van der Waals surface area contributed by atoms with E-state index < -0.39 is 21.3 Å². The maximum atomic E-state index is 11.6. The predicted octanol–water partition coefficient (Wildman–Crippen LogP) is 1.59. The molecular formula is C14H27NO9P2. The summed E-state index contributed by atoms with van der Waals surface area (Å²) < 4.78 is 26.0. The fraction of sp³-hybridized carbons (Fsp3) is 0.714. The summed E-state index contributed by atoms with van der Waals surface area (Å²) in [6.07, 6.45) is 1.91. The van der Waals surface area contributed by atoms with E-state index >= 15 is 0 Å². The monoisotopic (exact) mass is 415 g/mol. The van der Waals surface area contributed by atoms with Crippen molar-refractivity contribution in [2.24, 2.45) is 0 Å². The normalized spacial score (nSPS) is 13.3. The van der Waals surface area contributed by atoms with Crippen LogP contribution in [0.3, 0.4) is 0 Å². The van der Waals surface area contributed by atoms with Crippen molar-refractivity contribution in [3.8, 4) is 0 Å². The standard InChI is InChI=1S/C14H27NO9P2/c1-11(2)12(16)7-6-10-15-13(17)8-4-3-5-9-14(25(18,19)20)24-26(21,22)23/h14H,1,3-10H2,2H3,(H,15,17)(H2,18,19,20)(H2,21,22,23). The van der Waals surface area contributed by atoms with Gasteiger partial charge in [-0.05, 0) is 31.8 Å². The molecule has 26 heavy (non-hydrogen) atoms. The number of allylic oxidation sites excluding steroid dienone is 1. The topological polar surface area (TPSA) is 170 Å². The van der Waals surface area contributed by atoms with Gasteiger partial charge < -0.3 is 24.9 Å². The quantitative estimate of drug-likeness (QED) is 0.160. The average molecular weight is 415 g/mol. The molecule has 1 atom stereocenters. The van der Waals surface area contributed by atoms with E-state index in [0.29, 0.717) is 37.8 Å². The number of ketones is 1. The molecule has 5 N–H and O–H groups in total. The zero-order chi connectivity index (χ0) is 20.4. The smallest absolute Gasteiger partial charge is 0.356 e. The number of carbonyl (C=O) groups excluding carboxylic acids is 2. The van der Waals surface area contributed by atoms with Gasteiger partial charge in [0.25, 0.3) is 0 Å². The zero-order valence-electron chi connectivity index (χ0n) is 14.7. The number of phosphoric ester groups is 1. The summed E-state index contributed by atoms with van der Waals surface area (Å²) in [7, 11) is -9.81. The van der Waals surface area contributed by atoms with Gasteiger partial charge in [-0.25, -0.2) is 4.57 Å². The Morgan fingerprint density at radius 3 is 2.15 bits per heavy atom. The number of carbonyl (C=O) groups is 2. The molecule has 0 heterocycles. The highest BCUT2D eigenvalue weighted by Gasteiger charge is 2.35. The van der Waals surface area contributed by atoms with E-state index in [0.717, 1.165) is 0 Å². The molecule has 0 aliphatic carbocycles. The molecule has 12 heteroatoms. The number of hydrogen-bond donors (Lipinski definition) is 5. The first-order chi connectivity index (χ1) is 11.8. The van der Waals surface area contributed by atoms with Crippen molar-refractivity contribution >= 4 is 27.1 Å². The SMILES string of the molecule is C=C(C)C(=O)CCCNC(=O)CCCCCC(OP(=O)(O)O)P(=O)(O)O. The van der Waals surface area contributed by atoms with Crippen LogP contribution >= 0.6 is 15.4 Å². The van der Waals surface area contributed by atoms with Gasteiger partial charge in [-0.1, -0.05) is 19.4 Å². The van der Waals surface area contributed by atoms with Crippen molar-refractivity contribution in [3.63, 3.8) is 0 Å². The third-order valence-electron chi connectivity index (χ3n) is 3.37. The molecule has 0 radical (unpaired) electrons.